The molecule has 1 saturated carbocycles. The maximum Gasteiger partial charge on any atom is 0.321 e. The number of ether oxygens (including phenoxy) is 1. The molecule has 1 aromatic rings. The standard InChI is InChI=1S/C14H20N2O2/c1-10(11-4-5-11)16(2)14(17)15-12-6-8-13(18-3)9-7-12/h6-11H,4-5H2,1-3H3,(H,15,17). The molecule has 1 unspecified atom stereocenters. The summed E-state index contributed by atoms with van der Waals surface area (Å²) in [6.45, 7) is 2.10. The third kappa shape index (κ3) is 2.94. The summed E-state index contributed by atoms with van der Waals surface area (Å²) in [5.41, 5.74) is 0.788. The summed E-state index contributed by atoms with van der Waals surface area (Å²) in [6, 6.07) is 7.60. The number of hydrogen-bond acceptors (Lipinski definition) is 2. The maximum atomic E-state index is 12.0. The van der Waals surface area contributed by atoms with Crippen molar-refractivity contribution < 1.29 is 9.53 Å². The fraction of sp³-hybridized carbons (Fsp3) is 0.500. The van der Waals surface area contributed by atoms with Gasteiger partial charge < -0.3 is 15.0 Å². The van der Waals surface area contributed by atoms with Crippen LogP contribution in [0.3, 0.4) is 0 Å². The van der Waals surface area contributed by atoms with Gasteiger partial charge >= 0.3 is 6.03 Å². The molecule has 0 heterocycles. The van der Waals surface area contributed by atoms with Crippen molar-refractivity contribution in [3.8, 4) is 5.75 Å². The summed E-state index contributed by atoms with van der Waals surface area (Å²) in [6.07, 6.45) is 2.47. The minimum absolute atomic E-state index is 0.0560. The second-order valence-corrected chi connectivity index (χ2v) is 4.85. The Morgan fingerprint density at radius 1 is 1.39 bits per heavy atom. The second kappa shape index (κ2) is 5.29. The molecular formula is C14H20N2O2. The second-order valence-electron chi connectivity index (χ2n) is 4.85. The van der Waals surface area contributed by atoms with E-state index in [0.717, 1.165) is 11.4 Å². The van der Waals surface area contributed by atoms with Crippen LogP contribution in [0.25, 0.3) is 0 Å². The zero-order valence-corrected chi connectivity index (χ0v) is 11.1. The van der Waals surface area contributed by atoms with Crippen molar-refractivity contribution in [3.05, 3.63) is 24.3 Å². The molecule has 1 fully saturated rings. The van der Waals surface area contributed by atoms with E-state index in [-0.39, 0.29) is 6.03 Å². The fourth-order valence-electron chi connectivity index (χ4n) is 1.97. The number of methoxy groups -OCH3 is 1. The van der Waals surface area contributed by atoms with Crippen molar-refractivity contribution in [1.82, 2.24) is 4.90 Å². The molecule has 4 nitrogen and oxygen atoms in total. The van der Waals surface area contributed by atoms with Crippen LogP contribution in [0.1, 0.15) is 19.8 Å². The Bertz CT molecular complexity index is 412. The summed E-state index contributed by atoms with van der Waals surface area (Å²) in [4.78, 5) is 13.8. The van der Waals surface area contributed by atoms with Gasteiger partial charge in [-0.25, -0.2) is 4.79 Å². The van der Waals surface area contributed by atoms with Crippen LogP contribution in [0.4, 0.5) is 10.5 Å². The molecule has 0 radical (unpaired) electrons. The number of carbonyl (C=O) groups is 1. The van der Waals surface area contributed by atoms with Gasteiger partial charge in [-0.2, -0.15) is 0 Å². The number of hydrogen-bond donors (Lipinski definition) is 1. The van der Waals surface area contributed by atoms with E-state index in [2.05, 4.69) is 12.2 Å². The van der Waals surface area contributed by atoms with E-state index in [4.69, 9.17) is 4.74 Å². The summed E-state index contributed by atoms with van der Waals surface area (Å²) in [5.74, 6) is 1.46. The Balaban J connectivity index is 1.92. The molecule has 98 valence electrons. The predicted octanol–water partition coefficient (Wildman–Crippen LogP) is 2.96. The normalized spacial score (nSPS) is 15.9. The molecule has 2 amide bonds. The highest BCUT2D eigenvalue weighted by Crippen LogP contribution is 2.34. The number of urea groups is 1. The van der Waals surface area contributed by atoms with Crippen LogP contribution in [0.5, 0.6) is 5.75 Å². The lowest BCUT2D eigenvalue weighted by atomic mass is 10.2. The molecule has 1 aromatic carbocycles. The van der Waals surface area contributed by atoms with Crippen LogP contribution < -0.4 is 10.1 Å². The van der Waals surface area contributed by atoms with Gasteiger partial charge in [-0.1, -0.05) is 0 Å². The Kier molecular flexibility index (Phi) is 3.75. The molecule has 0 aromatic heterocycles. The molecule has 0 bridgehead atoms. The first-order chi connectivity index (χ1) is 8.61. The van der Waals surface area contributed by atoms with Crippen molar-refractivity contribution in [2.45, 2.75) is 25.8 Å². The predicted molar refractivity (Wildman–Crippen MR) is 72.0 cm³/mol. The molecule has 18 heavy (non-hydrogen) atoms. The van der Waals surface area contributed by atoms with Crippen molar-refractivity contribution >= 4 is 11.7 Å². The van der Waals surface area contributed by atoms with Crippen molar-refractivity contribution in [2.75, 3.05) is 19.5 Å². The van der Waals surface area contributed by atoms with Gasteiger partial charge in [0, 0.05) is 18.8 Å². The minimum Gasteiger partial charge on any atom is -0.497 e. The third-order valence-corrected chi connectivity index (χ3v) is 3.58. The van der Waals surface area contributed by atoms with Crippen LogP contribution in [0.2, 0.25) is 0 Å². The lowest BCUT2D eigenvalue weighted by Gasteiger charge is -2.25. The number of carbonyl (C=O) groups excluding carboxylic acids is 1. The number of anilines is 1. The highest BCUT2D eigenvalue weighted by atomic mass is 16.5. The number of amides is 2. The maximum absolute atomic E-state index is 12.0. The van der Waals surface area contributed by atoms with E-state index in [0.29, 0.717) is 12.0 Å². The molecule has 4 heteroatoms. The topological polar surface area (TPSA) is 41.6 Å². The van der Waals surface area contributed by atoms with Gasteiger partial charge in [0.15, 0.2) is 0 Å². The van der Waals surface area contributed by atoms with E-state index in [1.54, 1.807) is 12.0 Å². The molecule has 1 aliphatic carbocycles. The minimum atomic E-state index is -0.0560. The van der Waals surface area contributed by atoms with Gasteiger partial charge in [0.2, 0.25) is 0 Å². The summed E-state index contributed by atoms with van der Waals surface area (Å²) in [5, 5.41) is 2.89. The quantitative estimate of drug-likeness (QED) is 0.890. The third-order valence-electron chi connectivity index (χ3n) is 3.58. The molecule has 0 saturated heterocycles. The lowest BCUT2D eigenvalue weighted by molar-refractivity contribution is 0.201. The zero-order valence-electron chi connectivity index (χ0n) is 11.1. The average molecular weight is 248 g/mol. The van der Waals surface area contributed by atoms with E-state index < -0.39 is 0 Å². The van der Waals surface area contributed by atoms with Crippen LogP contribution in [-0.2, 0) is 0 Å². The Morgan fingerprint density at radius 2 is 2.00 bits per heavy atom. The van der Waals surface area contributed by atoms with E-state index in [1.165, 1.54) is 12.8 Å². The Morgan fingerprint density at radius 3 is 2.50 bits per heavy atom. The molecule has 1 N–H and O–H groups in total. The molecular weight excluding hydrogens is 228 g/mol. The highest BCUT2D eigenvalue weighted by Gasteiger charge is 2.32. The molecule has 2 rings (SSSR count). The van der Waals surface area contributed by atoms with Crippen molar-refractivity contribution in [3.63, 3.8) is 0 Å². The fourth-order valence-corrected chi connectivity index (χ4v) is 1.97. The average Bonchev–Trinajstić information content (AvgIpc) is 3.22. The van der Waals surface area contributed by atoms with Crippen molar-refractivity contribution in [2.24, 2.45) is 5.92 Å². The van der Waals surface area contributed by atoms with Gasteiger partial charge in [0.25, 0.3) is 0 Å². The largest absolute Gasteiger partial charge is 0.497 e. The summed E-state index contributed by atoms with van der Waals surface area (Å²) >= 11 is 0. The van der Waals surface area contributed by atoms with Gasteiger partial charge in [0.05, 0.1) is 7.11 Å². The van der Waals surface area contributed by atoms with Crippen LogP contribution >= 0.6 is 0 Å². The summed E-state index contributed by atoms with van der Waals surface area (Å²) < 4.78 is 5.08. The van der Waals surface area contributed by atoms with Crippen LogP contribution in [0, 0.1) is 5.92 Å². The number of rotatable bonds is 4. The Labute approximate surface area is 108 Å². The number of benzene rings is 1. The highest BCUT2D eigenvalue weighted by molar-refractivity contribution is 5.89. The summed E-state index contributed by atoms with van der Waals surface area (Å²) in [7, 11) is 3.47. The molecule has 1 aliphatic rings. The van der Waals surface area contributed by atoms with E-state index in [1.807, 2.05) is 31.3 Å². The molecule has 1 atom stereocenters. The van der Waals surface area contributed by atoms with Crippen LogP contribution in [-0.4, -0.2) is 31.1 Å². The van der Waals surface area contributed by atoms with Gasteiger partial charge in [0.1, 0.15) is 5.75 Å². The van der Waals surface area contributed by atoms with E-state index >= 15 is 0 Å². The lowest BCUT2D eigenvalue weighted by Crippen LogP contribution is -2.39. The number of nitrogens with zero attached hydrogens (tertiary/aromatic N) is 1. The monoisotopic (exact) mass is 248 g/mol. The molecule has 0 aliphatic heterocycles. The van der Waals surface area contributed by atoms with Gasteiger partial charge in [-0.15, -0.1) is 0 Å². The zero-order chi connectivity index (χ0) is 13.1. The van der Waals surface area contributed by atoms with Gasteiger partial charge in [-0.3, -0.25) is 0 Å². The van der Waals surface area contributed by atoms with Gasteiger partial charge in [-0.05, 0) is 49.9 Å². The SMILES string of the molecule is COc1ccc(NC(=O)N(C)C(C)C2CC2)cc1. The first kappa shape index (κ1) is 12.7. The first-order valence-electron chi connectivity index (χ1n) is 6.29. The molecule has 0 spiro atoms. The Hall–Kier alpha value is -1.71. The van der Waals surface area contributed by atoms with Crippen LogP contribution in [0.15, 0.2) is 24.3 Å². The first-order valence-corrected chi connectivity index (χ1v) is 6.29. The number of nitrogens with one attached hydrogen (secondary N) is 1. The smallest absolute Gasteiger partial charge is 0.321 e. The van der Waals surface area contributed by atoms with E-state index in [9.17, 15) is 4.79 Å². The van der Waals surface area contributed by atoms with Crippen molar-refractivity contribution in [1.29, 1.82) is 0 Å².